The summed E-state index contributed by atoms with van der Waals surface area (Å²) in [4.78, 5) is 0. The minimum absolute atomic E-state index is 1.17. The van der Waals surface area contributed by atoms with Gasteiger partial charge in [0.15, 0.2) is 0 Å². The van der Waals surface area contributed by atoms with Crippen LogP contribution in [0.15, 0.2) is 175 Å². The third kappa shape index (κ3) is 7.78. The maximum atomic E-state index is 2.57. The van der Waals surface area contributed by atoms with Crippen molar-refractivity contribution < 1.29 is 0 Å². The molecule has 0 nitrogen and oxygen atoms in total. The van der Waals surface area contributed by atoms with Crippen molar-refractivity contribution in [3.63, 3.8) is 0 Å². The summed E-state index contributed by atoms with van der Waals surface area (Å²) in [6.45, 7) is 0. The predicted octanol–water partition coefficient (Wildman–Crippen LogP) is 10.1. The molecule has 47 heavy (non-hydrogen) atoms. The molecule has 5 aromatic rings. The van der Waals surface area contributed by atoms with Crippen molar-refractivity contribution in [2.75, 3.05) is 12.3 Å². The van der Waals surface area contributed by atoms with Gasteiger partial charge < -0.3 is 0 Å². The summed E-state index contributed by atoms with van der Waals surface area (Å²) >= 11 is 0. The standard InChI is InChI=1S/C45H52P2/c1(2-4-24-38-46(40-26-12-6-13-27-40,41-28-14-7-15-29-41)42-30-16-8-17-31-42)3-5-25-39-47(43-32-18-9-19-33-43,44-34-20-10-21-35-44)45-36-22-11-23-37-45/h6-10,12-22,26-37,46-47H,1-5,11,23-25,38-39H2. The van der Waals surface area contributed by atoms with E-state index in [1.807, 2.05) is 0 Å². The van der Waals surface area contributed by atoms with E-state index < -0.39 is 14.5 Å². The number of hydrogen-bond donors (Lipinski definition) is 0. The molecule has 1 aliphatic rings. The van der Waals surface area contributed by atoms with Crippen LogP contribution in [0.25, 0.3) is 0 Å². The molecule has 0 radical (unpaired) electrons. The molecule has 0 aromatic heterocycles. The van der Waals surface area contributed by atoms with Crippen molar-refractivity contribution >= 4 is 41.0 Å². The fourth-order valence-electron chi connectivity index (χ4n) is 8.07. The molecule has 1 aliphatic carbocycles. The Kier molecular flexibility index (Phi) is 12.1. The van der Waals surface area contributed by atoms with Gasteiger partial charge in [-0.25, -0.2) is 0 Å². The van der Waals surface area contributed by atoms with Crippen molar-refractivity contribution in [2.45, 2.75) is 57.8 Å². The normalized spacial score (nSPS) is 14.0. The van der Waals surface area contributed by atoms with Gasteiger partial charge in [-0.3, -0.25) is 0 Å². The molecule has 2 heteroatoms. The molecule has 0 saturated heterocycles. The quantitative estimate of drug-likeness (QED) is 0.0734. The van der Waals surface area contributed by atoms with Gasteiger partial charge in [-0.15, -0.1) is 0 Å². The van der Waals surface area contributed by atoms with E-state index >= 15 is 0 Å². The molecule has 0 amide bonds. The Morgan fingerprint density at radius 3 is 1.00 bits per heavy atom. The number of allylic oxidation sites excluding steroid dienone is 4. The molecule has 5 aromatic carbocycles. The van der Waals surface area contributed by atoms with Crippen molar-refractivity contribution in [3.05, 3.63) is 175 Å². The first-order valence-electron chi connectivity index (χ1n) is 18.0. The van der Waals surface area contributed by atoms with Crippen LogP contribution in [0.1, 0.15) is 57.8 Å². The third-order valence-corrected chi connectivity index (χ3v) is 20.6. The summed E-state index contributed by atoms with van der Waals surface area (Å²) in [7, 11) is -4.18. The van der Waals surface area contributed by atoms with Gasteiger partial charge in [0.2, 0.25) is 0 Å². The molecule has 0 fully saturated rings. The van der Waals surface area contributed by atoms with Gasteiger partial charge in [0, 0.05) is 0 Å². The third-order valence-electron chi connectivity index (χ3n) is 10.4. The Morgan fingerprint density at radius 2 is 0.660 bits per heavy atom. The zero-order valence-corrected chi connectivity index (χ0v) is 29.9. The van der Waals surface area contributed by atoms with Gasteiger partial charge in [0.1, 0.15) is 0 Å². The Balaban J connectivity index is 1.09. The van der Waals surface area contributed by atoms with E-state index in [2.05, 4.69) is 170 Å². The van der Waals surface area contributed by atoms with Crippen LogP contribution >= 0.6 is 14.5 Å². The average Bonchev–Trinajstić information content (AvgIpc) is 3.16. The molecular formula is C45H52P2. The van der Waals surface area contributed by atoms with Crippen LogP contribution in [0.2, 0.25) is 0 Å². The summed E-state index contributed by atoms with van der Waals surface area (Å²) in [5.74, 6) is 0. The Labute approximate surface area is 285 Å². The molecule has 0 spiro atoms. The van der Waals surface area contributed by atoms with E-state index in [1.165, 1.54) is 86.0 Å². The van der Waals surface area contributed by atoms with Crippen LogP contribution < -0.4 is 26.5 Å². The van der Waals surface area contributed by atoms with E-state index in [0.717, 1.165) is 0 Å². The van der Waals surface area contributed by atoms with Gasteiger partial charge >= 0.3 is 286 Å². The topological polar surface area (TPSA) is 0 Å². The molecule has 0 unspecified atom stereocenters. The van der Waals surface area contributed by atoms with Gasteiger partial charge in [-0.2, -0.15) is 0 Å². The predicted molar refractivity (Wildman–Crippen MR) is 216 cm³/mol. The van der Waals surface area contributed by atoms with Crippen LogP contribution in [0, 0.1) is 0 Å². The molecule has 242 valence electrons. The van der Waals surface area contributed by atoms with E-state index in [-0.39, 0.29) is 0 Å². The second kappa shape index (κ2) is 17.0. The van der Waals surface area contributed by atoms with E-state index in [9.17, 15) is 0 Å². The number of hydrogen-bond acceptors (Lipinski definition) is 0. The second-order valence-electron chi connectivity index (χ2n) is 13.3. The molecule has 0 atom stereocenters. The van der Waals surface area contributed by atoms with Crippen LogP contribution in [0.4, 0.5) is 0 Å². The minimum atomic E-state index is -2.11. The van der Waals surface area contributed by atoms with Gasteiger partial charge in [0.05, 0.1) is 0 Å². The molecule has 0 aliphatic heterocycles. The first kappa shape index (κ1) is 33.3. The Bertz CT molecular complexity index is 1540. The number of unbranched alkanes of at least 4 members (excludes halogenated alkanes) is 6. The first-order valence-corrected chi connectivity index (χ1v) is 22.4. The Morgan fingerprint density at radius 1 is 0.340 bits per heavy atom. The van der Waals surface area contributed by atoms with Crippen molar-refractivity contribution in [1.82, 2.24) is 0 Å². The summed E-state index contributed by atoms with van der Waals surface area (Å²) in [5, 5.41) is 9.34. The summed E-state index contributed by atoms with van der Waals surface area (Å²) < 4.78 is 0. The average molecular weight is 655 g/mol. The maximum absolute atomic E-state index is 2.57. The second-order valence-corrected chi connectivity index (χ2v) is 21.3. The molecule has 0 bridgehead atoms. The molecule has 0 N–H and O–H groups in total. The summed E-state index contributed by atoms with van der Waals surface area (Å²) in [6.07, 6.45) is 21.6. The zero-order valence-electron chi connectivity index (χ0n) is 27.9. The van der Waals surface area contributed by atoms with E-state index in [4.69, 9.17) is 0 Å². The van der Waals surface area contributed by atoms with E-state index in [1.54, 1.807) is 15.9 Å². The summed E-state index contributed by atoms with van der Waals surface area (Å²) in [5.41, 5.74) is 0. The van der Waals surface area contributed by atoms with Gasteiger partial charge in [-0.1, -0.05) is 0 Å². The Hall–Kier alpha value is -3.56. The molecule has 6 rings (SSSR count). The summed E-state index contributed by atoms with van der Waals surface area (Å²) in [6, 6.07) is 57.2. The number of benzene rings is 5. The van der Waals surface area contributed by atoms with Crippen LogP contribution in [0.3, 0.4) is 0 Å². The number of rotatable bonds is 16. The monoisotopic (exact) mass is 654 g/mol. The fraction of sp³-hybridized carbons (Fsp3) is 0.244. The SMILES string of the molecule is C1=CC([PH](CCCCCCCCC[PH](c2ccccc2)(c2ccccc2)c2ccccc2)(c2ccccc2)c2ccccc2)=CCC1. The van der Waals surface area contributed by atoms with Crippen LogP contribution in [-0.2, 0) is 0 Å². The van der Waals surface area contributed by atoms with Gasteiger partial charge in [0.25, 0.3) is 0 Å². The van der Waals surface area contributed by atoms with E-state index in [0.29, 0.717) is 0 Å². The van der Waals surface area contributed by atoms with Crippen molar-refractivity contribution in [3.8, 4) is 0 Å². The molecule has 0 saturated carbocycles. The zero-order chi connectivity index (χ0) is 32.0. The van der Waals surface area contributed by atoms with Gasteiger partial charge in [-0.05, 0) is 0 Å². The molecular weight excluding hydrogens is 602 g/mol. The first-order chi connectivity index (χ1) is 23.3. The van der Waals surface area contributed by atoms with Crippen LogP contribution in [0.5, 0.6) is 0 Å². The van der Waals surface area contributed by atoms with Crippen molar-refractivity contribution in [1.29, 1.82) is 0 Å². The fourth-order valence-corrected chi connectivity index (χ4v) is 18.1. The molecule has 0 heterocycles. The van der Waals surface area contributed by atoms with Crippen LogP contribution in [-0.4, -0.2) is 12.3 Å². The van der Waals surface area contributed by atoms with Crippen molar-refractivity contribution in [2.24, 2.45) is 0 Å².